The molecule has 1 N–H and O–H groups in total. The molecule has 0 aromatic heterocycles. The Morgan fingerprint density at radius 2 is 1.12 bits per heavy atom. The molecule has 0 saturated heterocycles. The van der Waals surface area contributed by atoms with Crippen molar-refractivity contribution in [2.24, 2.45) is 0 Å². The minimum absolute atomic E-state index is 0.0948. The third-order valence-corrected chi connectivity index (χ3v) is 2.41. The summed E-state index contributed by atoms with van der Waals surface area (Å²) in [6, 6.07) is 19.5. The summed E-state index contributed by atoms with van der Waals surface area (Å²) in [6.07, 6.45) is 0. The summed E-state index contributed by atoms with van der Waals surface area (Å²) in [5.41, 5.74) is 1.95. The van der Waals surface area contributed by atoms with Crippen LogP contribution in [0.15, 0.2) is 73.0 Å². The van der Waals surface area contributed by atoms with Crippen molar-refractivity contribution in [1.29, 1.82) is 0 Å². The number of allylic oxidation sites excluding steroid dienone is 1. The van der Waals surface area contributed by atoms with Gasteiger partial charge in [-0.05, 0) is 11.1 Å². The van der Waals surface area contributed by atoms with Crippen LogP contribution in [0.3, 0.4) is 0 Å². The van der Waals surface area contributed by atoms with Crippen molar-refractivity contribution in [3.63, 3.8) is 0 Å². The van der Waals surface area contributed by atoms with Crippen LogP contribution in [-0.4, -0.2) is 5.11 Å². The van der Waals surface area contributed by atoms with Gasteiger partial charge in [-0.3, -0.25) is 0 Å². The van der Waals surface area contributed by atoms with Crippen LogP contribution in [0.4, 0.5) is 0 Å². The van der Waals surface area contributed by atoms with E-state index in [9.17, 15) is 5.11 Å². The van der Waals surface area contributed by atoms with Gasteiger partial charge in [0, 0.05) is 0 Å². The van der Waals surface area contributed by atoms with E-state index in [-0.39, 0.29) is 5.76 Å². The zero-order chi connectivity index (χ0) is 11.4. The molecule has 0 aliphatic rings. The minimum Gasteiger partial charge on any atom is -0.512 e. The van der Waals surface area contributed by atoms with Crippen molar-refractivity contribution >= 4 is 0 Å². The minimum atomic E-state index is 0.0948. The fraction of sp³-hybridized carbons (Fsp3) is 0. The van der Waals surface area contributed by atoms with E-state index in [2.05, 4.69) is 6.58 Å². The van der Waals surface area contributed by atoms with E-state index in [0.717, 1.165) is 17.0 Å². The van der Waals surface area contributed by atoms with Gasteiger partial charge in [-0.25, -0.2) is 0 Å². The molecule has 0 aliphatic heterocycles. The average molecular weight is 209 g/mol. The van der Waals surface area contributed by atoms with Gasteiger partial charge >= 0.3 is 0 Å². The summed E-state index contributed by atoms with van der Waals surface area (Å²) in [4.78, 5) is 0. The van der Waals surface area contributed by atoms with E-state index < -0.39 is 0 Å². The van der Waals surface area contributed by atoms with Gasteiger partial charge < -0.3 is 5.11 Å². The maximum absolute atomic E-state index is 9.69. The number of benzene rings is 2. The molecule has 0 unspecified atom stereocenters. The van der Waals surface area contributed by atoms with Crippen LogP contribution >= 0.6 is 0 Å². The quantitative estimate of drug-likeness (QED) is 0.764. The number of hydrogen-bond donors (Lipinski definition) is 1. The SMILES string of the molecule is C=C(O)[C](c1ccccc1)c1ccccc1. The number of hydrogen-bond acceptors (Lipinski definition) is 1. The van der Waals surface area contributed by atoms with Crippen LogP contribution < -0.4 is 0 Å². The van der Waals surface area contributed by atoms with Crippen molar-refractivity contribution in [3.05, 3.63) is 90.0 Å². The largest absolute Gasteiger partial charge is 0.512 e. The average Bonchev–Trinajstić information content (AvgIpc) is 2.31. The van der Waals surface area contributed by atoms with Crippen LogP contribution in [0.25, 0.3) is 0 Å². The first-order chi connectivity index (χ1) is 7.79. The molecule has 0 aliphatic carbocycles. The van der Waals surface area contributed by atoms with Crippen molar-refractivity contribution in [1.82, 2.24) is 0 Å². The summed E-state index contributed by atoms with van der Waals surface area (Å²) >= 11 is 0. The molecule has 2 aromatic rings. The number of aliphatic hydroxyl groups is 1. The van der Waals surface area contributed by atoms with Gasteiger partial charge in [0.15, 0.2) is 0 Å². The molecule has 0 fully saturated rings. The molecule has 0 atom stereocenters. The number of rotatable bonds is 3. The molecular formula is C15H13O. The molecule has 16 heavy (non-hydrogen) atoms. The third kappa shape index (κ3) is 2.14. The fourth-order valence-corrected chi connectivity index (χ4v) is 1.71. The molecule has 1 radical (unpaired) electrons. The predicted molar refractivity (Wildman–Crippen MR) is 66.1 cm³/mol. The van der Waals surface area contributed by atoms with Crippen LogP contribution in [0.1, 0.15) is 11.1 Å². The lowest BCUT2D eigenvalue weighted by Crippen LogP contribution is -2.04. The van der Waals surface area contributed by atoms with Crippen molar-refractivity contribution in [2.75, 3.05) is 0 Å². The van der Waals surface area contributed by atoms with Crippen LogP contribution in [0, 0.1) is 5.92 Å². The molecule has 0 saturated carbocycles. The zero-order valence-corrected chi connectivity index (χ0v) is 8.93. The van der Waals surface area contributed by atoms with Gasteiger partial charge in [-0.2, -0.15) is 0 Å². The molecule has 0 amide bonds. The Morgan fingerprint density at radius 1 is 0.750 bits per heavy atom. The molecule has 0 bridgehead atoms. The Labute approximate surface area is 95.7 Å². The van der Waals surface area contributed by atoms with Crippen LogP contribution in [0.2, 0.25) is 0 Å². The van der Waals surface area contributed by atoms with Crippen molar-refractivity contribution < 1.29 is 5.11 Å². The summed E-state index contributed by atoms with van der Waals surface area (Å²) in [6.45, 7) is 3.63. The van der Waals surface area contributed by atoms with Crippen molar-refractivity contribution in [3.8, 4) is 0 Å². The summed E-state index contributed by atoms with van der Waals surface area (Å²) < 4.78 is 0. The first-order valence-corrected chi connectivity index (χ1v) is 5.15. The Bertz CT molecular complexity index is 420. The first kappa shape index (κ1) is 10.5. The van der Waals surface area contributed by atoms with Gasteiger partial charge in [0.2, 0.25) is 0 Å². The second-order valence-electron chi connectivity index (χ2n) is 3.55. The van der Waals surface area contributed by atoms with Gasteiger partial charge in [-0.1, -0.05) is 67.2 Å². The summed E-state index contributed by atoms with van der Waals surface area (Å²) in [5.74, 6) is 0.874. The molecule has 2 rings (SSSR count). The van der Waals surface area contributed by atoms with E-state index in [0.29, 0.717) is 0 Å². The Kier molecular flexibility index (Phi) is 3.06. The second-order valence-corrected chi connectivity index (χ2v) is 3.55. The highest BCUT2D eigenvalue weighted by Gasteiger charge is 2.17. The lowest BCUT2D eigenvalue weighted by atomic mass is 9.90. The second kappa shape index (κ2) is 4.67. The van der Waals surface area contributed by atoms with E-state index in [1.165, 1.54) is 0 Å². The molecule has 1 heteroatoms. The van der Waals surface area contributed by atoms with Crippen molar-refractivity contribution in [2.45, 2.75) is 0 Å². The topological polar surface area (TPSA) is 20.2 Å². The Morgan fingerprint density at radius 3 is 1.44 bits per heavy atom. The highest BCUT2D eigenvalue weighted by Crippen LogP contribution is 2.27. The zero-order valence-electron chi connectivity index (χ0n) is 8.93. The predicted octanol–water partition coefficient (Wildman–Crippen LogP) is 3.73. The van der Waals surface area contributed by atoms with Gasteiger partial charge in [-0.15, -0.1) is 0 Å². The van der Waals surface area contributed by atoms with Crippen LogP contribution in [-0.2, 0) is 0 Å². The third-order valence-electron chi connectivity index (χ3n) is 2.41. The normalized spacial score (nSPS) is 10.3. The maximum atomic E-state index is 9.69. The summed E-state index contributed by atoms with van der Waals surface area (Å²) in [5, 5.41) is 9.69. The monoisotopic (exact) mass is 209 g/mol. The lowest BCUT2D eigenvalue weighted by molar-refractivity contribution is 0.416. The molecular weight excluding hydrogens is 196 g/mol. The molecule has 2 aromatic carbocycles. The highest BCUT2D eigenvalue weighted by molar-refractivity contribution is 5.52. The Balaban J connectivity index is 2.44. The highest BCUT2D eigenvalue weighted by atomic mass is 16.3. The van der Waals surface area contributed by atoms with E-state index in [4.69, 9.17) is 0 Å². The van der Waals surface area contributed by atoms with E-state index >= 15 is 0 Å². The lowest BCUT2D eigenvalue weighted by Gasteiger charge is -2.15. The molecule has 0 spiro atoms. The standard InChI is InChI=1S/C15H13O/c1-12(16)15(13-8-4-2-5-9-13)14-10-6-3-7-11-14/h2-11,16H,1H2. The van der Waals surface area contributed by atoms with E-state index in [1.807, 2.05) is 60.7 Å². The first-order valence-electron chi connectivity index (χ1n) is 5.15. The maximum Gasteiger partial charge on any atom is 0.102 e. The molecule has 79 valence electrons. The van der Waals surface area contributed by atoms with Crippen LogP contribution in [0.5, 0.6) is 0 Å². The van der Waals surface area contributed by atoms with E-state index in [1.54, 1.807) is 0 Å². The smallest absolute Gasteiger partial charge is 0.102 e. The molecule has 1 nitrogen and oxygen atoms in total. The van der Waals surface area contributed by atoms with Gasteiger partial charge in [0.05, 0.1) is 5.92 Å². The summed E-state index contributed by atoms with van der Waals surface area (Å²) in [7, 11) is 0. The van der Waals surface area contributed by atoms with Gasteiger partial charge in [0.1, 0.15) is 5.76 Å². The molecule has 0 heterocycles. The van der Waals surface area contributed by atoms with Gasteiger partial charge in [0.25, 0.3) is 0 Å². The fourth-order valence-electron chi connectivity index (χ4n) is 1.71. The Hall–Kier alpha value is -2.02. The number of aliphatic hydroxyl groups excluding tert-OH is 1.